The molecule has 0 bridgehead atoms. The molecule has 0 aromatic rings. The fourth-order valence-electron chi connectivity index (χ4n) is 2.41. The summed E-state index contributed by atoms with van der Waals surface area (Å²) in [6, 6.07) is -0.128. The van der Waals surface area contributed by atoms with Crippen LogP contribution in [0.3, 0.4) is 0 Å². The monoisotopic (exact) mass is 256 g/mol. The first-order valence-corrected chi connectivity index (χ1v) is 7.07. The van der Waals surface area contributed by atoms with E-state index in [-0.39, 0.29) is 18.1 Å². The molecular weight excluding hydrogens is 228 g/mol. The zero-order valence-electron chi connectivity index (χ0n) is 12.1. The first kappa shape index (κ1) is 15.4. The molecule has 106 valence electrons. The fraction of sp³-hybridized carbons (Fsp3) is 0.929. The van der Waals surface area contributed by atoms with Crippen LogP contribution in [0.1, 0.15) is 40.0 Å². The first-order valence-electron chi connectivity index (χ1n) is 7.07. The molecule has 0 heterocycles. The smallest absolute Gasteiger partial charge is 0.237 e. The van der Waals surface area contributed by atoms with Crippen LogP contribution in [0.15, 0.2) is 0 Å². The highest BCUT2D eigenvalue weighted by molar-refractivity contribution is 5.81. The largest absolute Gasteiger partial charge is 0.393 e. The Morgan fingerprint density at radius 3 is 2.56 bits per heavy atom. The minimum absolute atomic E-state index is 0.0821. The number of nitrogens with zero attached hydrogens (tertiary/aromatic N) is 1. The third-order valence-electron chi connectivity index (χ3n) is 3.87. The summed E-state index contributed by atoms with van der Waals surface area (Å²) in [6.07, 6.45) is 2.91. The van der Waals surface area contributed by atoms with Crippen LogP contribution in [-0.2, 0) is 4.79 Å². The minimum Gasteiger partial charge on any atom is -0.393 e. The van der Waals surface area contributed by atoms with Gasteiger partial charge in [-0.3, -0.25) is 9.69 Å². The van der Waals surface area contributed by atoms with E-state index in [1.807, 2.05) is 14.0 Å². The van der Waals surface area contributed by atoms with Gasteiger partial charge in [0.15, 0.2) is 0 Å². The number of amides is 1. The number of carbonyl (C=O) groups excluding carboxylic acids is 1. The van der Waals surface area contributed by atoms with E-state index in [4.69, 9.17) is 0 Å². The molecule has 1 fully saturated rings. The second kappa shape index (κ2) is 7.10. The van der Waals surface area contributed by atoms with Crippen LogP contribution >= 0.6 is 0 Å². The van der Waals surface area contributed by atoms with Gasteiger partial charge >= 0.3 is 0 Å². The van der Waals surface area contributed by atoms with Crippen LogP contribution in [0.4, 0.5) is 0 Å². The van der Waals surface area contributed by atoms with Gasteiger partial charge in [0.25, 0.3) is 0 Å². The van der Waals surface area contributed by atoms with Crippen molar-refractivity contribution in [3.05, 3.63) is 0 Å². The van der Waals surface area contributed by atoms with Gasteiger partial charge in [-0.15, -0.1) is 0 Å². The lowest BCUT2D eigenvalue weighted by Crippen LogP contribution is -2.46. The number of hydrogen-bond donors (Lipinski definition) is 2. The van der Waals surface area contributed by atoms with E-state index in [0.717, 1.165) is 32.4 Å². The Morgan fingerprint density at radius 1 is 1.39 bits per heavy atom. The molecule has 3 atom stereocenters. The number of hydrogen-bond acceptors (Lipinski definition) is 3. The van der Waals surface area contributed by atoms with E-state index >= 15 is 0 Å². The van der Waals surface area contributed by atoms with E-state index < -0.39 is 0 Å². The molecule has 0 radical (unpaired) electrons. The van der Waals surface area contributed by atoms with Crippen LogP contribution in [0, 0.1) is 11.8 Å². The number of likely N-dealkylation sites (N-methyl/N-ethyl adjacent to an activating group) is 1. The summed E-state index contributed by atoms with van der Waals surface area (Å²) in [4.78, 5) is 14.0. The predicted octanol–water partition coefficient (Wildman–Crippen LogP) is 1.24. The van der Waals surface area contributed by atoms with Crippen LogP contribution in [0.2, 0.25) is 0 Å². The maximum atomic E-state index is 11.9. The first-order chi connectivity index (χ1) is 8.41. The highest BCUT2D eigenvalue weighted by Crippen LogP contribution is 2.26. The zero-order chi connectivity index (χ0) is 13.7. The van der Waals surface area contributed by atoms with Gasteiger partial charge in [0.1, 0.15) is 0 Å². The van der Waals surface area contributed by atoms with E-state index in [1.165, 1.54) is 0 Å². The number of aliphatic hydroxyl groups is 1. The molecule has 0 aromatic carbocycles. The lowest BCUT2D eigenvalue weighted by atomic mass is 10.0. The van der Waals surface area contributed by atoms with Gasteiger partial charge in [0.05, 0.1) is 12.1 Å². The number of rotatable bonds is 6. The normalized spacial score (nSPS) is 25.7. The maximum absolute atomic E-state index is 11.9. The maximum Gasteiger partial charge on any atom is 0.237 e. The highest BCUT2D eigenvalue weighted by Gasteiger charge is 2.28. The second-order valence-electron chi connectivity index (χ2n) is 6.01. The predicted molar refractivity (Wildman–Crippen MR) is 73.3 cm³/mol. The quantitative estimate of drug-likeness (QED) is 0.752. The van der Waals surface area contributed by atoms with E-state index in [0.29, 0.717) is 11.8 Å². The third kappa shape index (κ3) is 4.58. The molecule has 4 nitrogen and oxygen atoms in total. The average molecular weight is 256 g/mol. The van der Waals surface area contributed by atoms with Gasteiger partial charge < -0.3 is 10.4 Å². The van der Waals surface area contributed by atoms with Gasteiger partial charge in [-0.05, 0) is 38.6 Å². The lowest BCUT2D eigenvalue weighted by molar-refractivity contribution is -0.125. The molecule has 2 N–H and O–H groups in total. The highest BCUT2D eigenvalue weighted by atomic mass is 16.3. The standard InChI is InChI=1S/C14H28N2O2/c1-10(2)8-15-14(18)11(3)16(4)9-12-6-5-7-13(12)17/h10-13,17H,5-9H2,1-4H3,(H,15,18). The van der Waals surface area contributed by atoms with Crippen molar-refractivity contribution in [3.8, 4) is 0 Å². The molecule has 4 heteroatoms. The summed E-state index contributed by atoms with van der Waals surface area (Å²) in [5.74, 6) is 0.886. The molecule has 1 aliphatic carbocycles. The van der Waals surface area contributed by atoms with Crippen molar-refractivity contribution in [1.82, 2.24) is 10.2 Å². The summed E-state index contributed by atoms with van der Waals surface area (Å²) >= 11 is 0. The van der Waals surface area contributed by atoms with Crippen molar-refractivity contribution < 1.29 is 9.90 Å². The molecule has 1 saturated carbocycles. The zero-order valence-corrected chi connectivity index (χ0v) is 12.1. The summed E-state index contributed by atoms with van der Waals surface area (Å²) < 4.78 is 0. The molecule has 0 saturated heterocycles. The van der Waals surface area contributed by atoms with Crippen LogP contribution in [-0.4, -0.2) is 48.2 Å². The molecule has 1 rings (SSSR count). The molecule has 1 amide bonds. The van der Waals surface area contributed by atoms with Crippen molar-refractivity contribution in [2.45, 2.75) is 52.2 Å². The minimum atomic E-state index is -0.182. The summed E-state index contributed by atoms with van der Waals surface area (Å²) in [5.41, 5.74) is 0. The van der Waals surface area contributed by atoms with Gasteiger partial charge in [0, 0.05) is 13.1 Å². The molecular formula is C14H28N2O2. The van der Waals surface area contributed by atoms with Gasteiger partial charge in [-0.1, -0.05) is 20.3 Å². The number of carbonyl (C=O) groups is 1. The Morgan fingerprint density at radius 2 is 2.06 bits per heavy atom. The SMILES string of the molecule is CC(C)CNC(=O)C(C)N(C)CC1CCCC1O. The Balaban J connectivity index is 2.35. The van der Waals surface area contributed by atoms with E-state index in [9.17, 15) is 9.90 Å². The Kier molecular flexibility index (Phi) is 6.09. The number of nitrogens with one attached hydrogen (secondary N) is 1. The molecule has 0 aliphatic heterocycles. The van der Waals surface area contributed by atoms with Gasteiger partial charge in [-0.25, -0.2) is 0 Å². The molecule has 0 aromatic heterocycles. The molecule has 0 spiro atoms. The van der Waals surface area contributed by atoms with Crippen molar-refractivity contribution in [1.29, 1.82) is 0 Å². The van der Waals surface area contributed by atoms with Crippen molar-refractivity contribution in [2.75, 3.05) is 20.1 Å². The van der Waals surface area contributed by atoms with Crippen LogP contribution < -0.4 is 5.32 Å². The Bertz CT molecular complexity index is 269. The van der Waals surface area contributed by atoms with E-state index in [1.54, 1.807) is 0 Å². The van der Waals surface area contributed by atoms with Crippen molar-refractivity contribution in [3.63, 3.8) is 0 Å². The van der Waals surface area contributed by atoms with E-state index in [2.05, 4.69) is 24.1 Å². The summed E-state index contributed by atoms with van der Waals surface area (Å²) in [6.45, 7) is 7.63. The topological polar surface area (TPSA) is 52.6 Å². The Labute approximate surface area is 111 Å². The second-order valence-corrected chi connectivity index (χ2v) is 6.01. The van der Waals surface area contributed by atoms with Crippen LogP contribution in [0.5, 0.6) is 0 Å². The Hall–Kier alpha value is -0.610. The summed E-state index contributed by atoms with van der Waals surface area (Å²) in [7, 11) is 1.96. The lowest BCUT2D eigenvalue weighted by Gasteiger charge is -2.28. The summed E-state index contributed by atoms with van der Waals surface area (Å²) in [5, 5.41) is 12.8. The molecule has 18 heavy (non-hydrogen) atoms. The molecule has 3 unspecified atom stereocenters. The van der Waals surface area contributed by atoms with Gasteiger partial charge in [0.2, 0.25) is 5.91 Å². The number of aliphatic hydroxyl groups excluding tert-OH is 1. The third-order valence-corrected chi connectivity index (χ3v) is 3.87. The average Bonchev–Trinajstić information content (AvgIpc) is 2.70. The van der Waals surface area contributed by atoms with Crippen molar-refractivity contribution >= 4 is 5.91 Å². The van der Waals surface area contributed by atoms with Crippen molar-refractivity contribution in [2.24, 2.45) is 11.8 Å². The molecule has 1 aliphatic rings. The van der Waals surface area contributed by atoms with Gasteiger partial charge in [-0.2, -0.15) is 0 Å². The fourth-order valence-corrected chi connectivity index (χ4v) is 2.41. The van der Waals surface area contributed by atoms with Crippen LogP contribution in [0.25, 0.3) is 0 Å².